The number of rotatable bonds is 5. The van der Waals surface area contributed by atoms with Crippen LogP contribution in [0.4, 0.5) is 13.2 Å². The fourth-order valence-corrected chi connectivity index (χ4v) is 3.02. The van der Waals surface area contributed by atoms with E-state index in [9.17, 15) is 17.4 Å². The second-order valence-corrected chi connectivity index (χ2v) is 6.79. The van der Waals surface area contributed by atoms with Gasteiger partial charge in [-0.2, -0.15) is 0 Å². The molecule has 0 spiro atoms. The molecule has 0 fully saturated rings. The summed E-state index contributed by atoms with van der Waals surface area (Å²) in [5, 5.41) is -0.373. The van der Waals surface area contributed by atoms with E-state index in [2.05, 4.69) is 9.72 Å². The lowest BCUT2D eigenvalue weighted by Gasteiger charge is -2.13. The van der Waals surface area contributed by atoms with Gasteiger partial charge in [-0.15, -0.1) is 13.2 Å². The lowest BCUT2D eigenvalue weighted by molar-refractivity contribution is -0.274. The number of aryl methyl sites for hydroxylation is 2. The van der Waals surface area contributed by atoms with Gasteiger partial charge in [0.25, 0.3) is 0 Å². The molecule has 0 aliphatic carbocycles. The number of halogens is 3. The Labute approximate surface area is 134 Å². The topological polar surface area (TPSA) is 52.3 Å². The molecule has 8 heteroatoms. The minimum absolute atomic E-state index is 0.149. The van der Waals surface area contributed by atoms with E-state index < -0.39 is 17.2 Å². The van der Waals surface area contributed by atoms with Crippen molar-refractivity contribution in [2.75, 3.05) is 0 Å². The lowest BCUT2D eigenvalue weighted by Crippen LogP contribution is -2.17. The van der Waals surface area contributed by atoms with Crippen LogP contribution in [-0.4, -0.2) is 15.6 Å². The zero-order valence-electron chi connectivity index (χ0n) is 12.8. The van der Waals surface area contributed by atoms with Crippen molar-refractivity contribution in [2.45, 2.75) is 38.1 Å². The Morgan fingerprint density at radius 1 is 1.26 bits per heavy atom. The molecule has 1 aromatic heterocycles. The molecule has 0 saturated carbocycles. The normalized spacial score (nSPS) is 14.5. The number of benzene rings is 1. The lowest BCUT2D eigenvalue weighted by atomic mass is 10.2. The largest absolute Gasteiger partial charge is 0.573 e. The summed E-state index contributed by atoms with van der Waals surface area (Å²) in [5.74, 6) is 0.912. The van der Waals surface area contributed by atoms with Crippen molar-refractivity contribution in [3.63, 3.8) is 0 Å². The molecule has 0 bridgehead atoms. The van der Waals surface area contributed by atoms with Gasteiger partial charge in [-0.05, 0) is 38.5 Å². The first-order valence-electron chi connectivity index (χ1n) is 6.81. The third-order valence-electron chi connectivity index (χ3n) is 3.32. The molecule has 0 aliphatic heterocycles. The van der Waals surface area contributed by atoms with Gasteiger partial charge in [0, 0.05) is 10.8 Å². The summed E-state index contributed by atoms with van der Waals surface area (Å²) in [7, 11) is -1.31. The smallest absolute Gasteiger partial charge is 0.445 e. The Morgan fingerprint density at radius 3 is 2.35 bits per heavy atom. The van der Waals surface area contributed by atoms with E-state index in [1.54, 1.807) is 20.8 Å². The SMILES string of the molecule is Cc1nc(C[S@](=O)[C@H](C)c2ccc(OC(F)(F)F)cc2)oc1C. The molecule has 2 rings (SSSR count). The summed E-state index contributed by atoms with van der Waals surface area (Å²) < 4.78 is 57.9. The molecule has 0 amide bonds. The van der Waals surface area contributed by atoms with E-state index in [-0.39, 0.29) is 16.8 Å². The number of nitrogens with zero attached hydrogens (tertiary/aromatic N) is 1. The predicted molar refractivity (Wildman–Crippen MR) is 79.4 cm³/mol. The van der Waals surface area contributed by atoms with Crippen molar-refractivity contribution in [1.29, 1.82) is 0 Å². The minimum atomic E-state index is -4.73. The summed E-state index contributed by atoms with van der Waals surface area (Å²) in [4.78, 5) is 4.18. The third-order valence-corrected chi connectivity index (χ3v) is 4.91. The second kappa shape index (κ2) is 6.74. The average Bonchev–Trinajstić information content (AvgIpc) is 2.75. The van der Waals surface area contributed by atoms with Gasteiger partial charge in [-0.1, -0.05) is 12.1 Å². The van der Waals surface area contributed by atoms with E-state index in [1.165, 1.54) is 24.3 Å². The van der Waals surface area contributed by atoms with Crippen LogP contribution in [0.15, 0.2) is 28.7 Å². The number of hydrogen-bond acceptors (Lipinski definition) is 4. The standard InChI is InChI=1S/C15H16F3NO3S/c1-9-10(2)21-14(19-9)8-23(20)11(3)12-4-6-13(7-5-12)22-15(16,17)18/h4-7,11H,8H2,1-3H3/t11-,23+/m1/s1. The van der Waals surface area contributed by atoms with Crippen molar-refractivity contribution < 1.29 is 26.5 Å². The van der Waals surface area contributed by atoms with E-state index in [4.69, 9.17) is 4.42 Å². The number of aromatic nitrogens is 1. The number of hydrogen-bond donors (Lipinski definition) is 0. The van der Waals surface area contributed by atoms with Gasteiger partial charge >= 0.3 is 6.36 Å². The summed E-state index contributed by atoms with van der Waals surface area (Å²) in [5.41, 5.74) is 1.40. The highest BCUT2D eigenvalue weighted by Gasteiger charge is 2.31. The first kappa shape index (κ1) is 17.5. The molecule has 23 heavy (non-hydrogen) atoms. The van der Waals surface area contributed by atoms with Crippen LogP contribution in [0.25, 0.3) is 0 Å². The molecule has 2 aromatic rings. The van der Waals surface area contributed by atoms with Crippen LogP contribution in [0.2, 0.25) is 0 Å². The number of alkyl halides is 3. The maximum absolute atomic E-state index is 12.3. The molecule has 0 aliphatic rings. The van der Waals surface area contributed by atoms with E-state index in [0.717, 1.165) is 5.69 Å². The predicted octanol–water partition coefficient (Wildman–Crippen LogP) is 4.20. The first-order valence-corrected chi connectivity index (χ1v) is 8.19. The van der Waals surface area contributed by atoms with Crippen LogP contribution >= 0.6 is 0 Å². The number of oxazole rings is 1. The fourth-order valence-electron chi connectivity index (χ4n) is 1.94. The van der Waals surface area contributed by atoms with Gasteiger partial charge in [0.1, 0.15) is 17.3 Å². The van der Waals surface area contributed by atoms with Gasteiger partial charge in [-0.3, -0.25) is 4.21 Å². The molecule has 1 aromatic carbocycles. The van der Waals surface area contributed by atoms with E-state index in [0.29, 0.717) is 17.2 Å². The van der Waals surface area contributed by atoms with Crippen LogP contribution in [-0.2, 0) is 16.6 Å². The molecule has 4 nitrogen and oxygen atoms in total. The van der Waals surface area contributed by atoms with Crippen molar-refractivity contribution in [2.24, 2.45) is 0 Å². The Hall–Kier alpha value is -1.83. The van der Waals surface area contributed by atoms with Crippen molar-refractivity contribution in [3.8, 4) is 5.75 Å². The Morgan fingerprint density at radius 2 is 1.87 bits per heavy atom. The molecule has 2 atom stereocenters. The van der Waals surface area contributed by atoms with Crippen LogP contribution in [0, 0.1) is 13.8 Å². The molecular weight excluding hydrogens is 331 g/mol. The van der Waals surface area contributed by atoms with Crippen LogP contribution < -0.4 is 4.74 Å². The average molecular weight is 347 g/mol. The van der Waals surface area contributed by atoms with E-state index in [1.807, 2.05) is 0 Å². The molecule has 0 unspecified atom stereocenters. The van der Waals surface area contributed by atoms with Gasteiger partial charge in [0.2, 0.25) is 5.89 Å². The fraction of sp³-hybridized carbons (Fsp3) is 0.400. The molecule has 126 valence electrons. The highest BCUT2D eigenvalue weighted by atomic mass is 32.2. The van der Waals surface area contributed by atoms with Gasteiger partial charge in [-0.25, -0.2) is 4.98 Å². The molecule has 1 heterocycles. The maximum atomic E-state index is 12.3. The highest BCUT2D eigenvalue weighted by Crippen LogP contribution is 2.27. The zero-order valence-corrected chi connectivity index (χ0v) is 13.6. The van der Waals surface area contributed by atoms with Crippen molar-refractivity contribution in [1.82, 2.24) is 4.98 Å². The summed E-state index contributed by atoms with van der Waals surface area (Å²) in [6.45, 7) is 5.31. The quantitative estimate of drug-likeness (QED) is 0.813. The monoisotopic (exact) mass is 347 g/mol. The molecule has 0 radical (unpaired) electrons. The molecule has 0 saturated heterocycles. The minimum Gasteiger partial charge on any atom is -0.445 e. The Bertz CT molecular complexity index is 675. The Balaban J connectivity index is 2.04. The second-order valence-electron chi connectivity index (χ2n) is 5.03. The maximum Gasteiger partial charge on any atom is 0.573 e. The summed E-state index contributed by atoms with van der Waals surface area (Å²) >= 11 is 0. The van der Waals surface area contributed by atoms with E-state index >= 15 is 0 Å². The number of ether oxygens (including phenoxy) is 1. The van der Waals surface area contributed by atoms with Crippen molar-refractivity contribution >= 4 is 10.8 Å². The third kappa shape index (κ3) is 4.82. The zero-order chi connectivity index (χ0) is 17.2. The first-order chi connectivity index (χ1) is 10.7. The highest BCUT2D eigenvalue weighted by molar-refractivity contribution is 7.84. The van der Waals surface area contributed by atoms with Crippen molar-refractivity contribution in [3.05, 3.63) is 47.2 Å². The Kier molecular flexibility index (Phi) is 5.13. The van der Waals surface area contributed by atoms with Crippen LogP contribution in [0.3, 0.4) is 0 Å². The van der Waals surface area contributed by atoms with Gasteiger partial charge < -0.3 is 9.15 Å². The van der Waals surface area contributed by atoms with Crippen LogP contribution in [0.1, 0.15) is 35.1 Å². The van der Waals surface area contributed by atoms with Gasteiger partial charge in [0.15, 0.2) is 0 Å². The van der Waals surface area contributed by atoms with Gasteiger partial charge in [0.05, 0.1) is 10.9 Å². The molecular formula is C15H16F3NO3S. The summed E-state index contributed by atoms with van der Waals surface area (Å²) in [6.07, 6.45) is -4.73. The van der Waals surface area contributed by atoms with Crippen LogP contribution in [0.5, 0.6) is 5.75 Å². The summed E-state index contributed by atoms with van der Waals surface area (Å²) in [6, 6.07) is 5.34. The molecule has 0 N–H and O–H groups in total.